The maximum absolute atomic E-state index is 12.4. The standard InChI is InChI=1S/C25H22N4O4S/c30-23-17-34-25(28(23)14-13-18-5-2-1-3-6-18)21-11-9-20(10-12-21)24(31)27-26-16-19-7-4-8-22(15-19)29(32)33/h1-12,15-16,25H,13-14,17H2,(H,27,31)/b26-16-/t25-/m0/s1. The van der Waals surface area contributed by atoms with Gasteiger partial charge in [-0.2, -0.15) is 5.10 Å². The molecule has 0 aromatic heterocycles. The summed E-state index contributed by atoms with van der Waals surface area (Å²) in [6, 6.07) is 23.1. The summed E-state index contributed by atoms with van der Waals surface area (Å²) in [7, 11) is 0. The summed E-state index contributed by atoms with van der Waals surface area (Å²) < 4.78 is 0. The first kappa shape index (κ1) is 23.2. The van der Waals surface area contributed by atoms with Gasteiger partial charge >= 0.3 is 0 Å². The Balaban J connectivity index is 1.37. The Morgan fingerprint density at radius 1 is 1.12 bits per heavy atom. The van der Waals surface area contributed by atoms with Gasteiger partial charge in [0.05, 0.1) is 16.9 Å². The molecule has 1 heterocycles. The molecule has 0 bridgehead atoms. The number of nitrogens with zero attached hydrogens (tertiary/aromatic N) is 3. The van der Waals surface area contributed by atoms with Gasteiger partial charge in [0.25, 0.3) is 11.6 Å². The van der Waals surface area contributed by atoms with Crippen LogP contribution in [-0.2, 0) is 11.2 Å². The molecule has 172 valence electrons. The number of non-ortho nitro benzene ring substituents is 1. The van der Waals surface area contributed by atoms with Crippen molar-refractivity contribution in [1.29, 1.82) is 0 Å². The molecule has 1 aliphatic heterocycles. The van der Waals surface area contributed by atoms with Crippen molar-refractivity contribution < 1.29 is 14.5 Å². The van der Waals surface area contributed by atoms with Gasteiger partial charge < -0.3 is 4.90 Å². The quantitative estimate of drug-likeness (QED) is 0.300. The lowest BCUT2D eigenvalue weighted by Crippen LogP contribution is -2.30. The molecule has 0 aliphatic carbocycles. The van der Waals surface area contributed by atoms with Crippen molar-refractivity contribution in [2.24, 2.45) is 5.10 Å². The molecule has 0 radical (unpaired) electrons. The highest BCUT2D eigenvalue weighted by molar-refractivity contribution is 8.00. The molecule has 2 amide bonds. The first-order chi connectivity index (χ1) is 16.5. The second-order valence-electron chi connectivity index (χ2n) is 7.66. The van der Waals surface area contributed by atoms with Crippen LogP contribution in [0.4, 0.5) is 5.69 Å². The van der Waals surface area contributed by atoms with Gasteiger partial charge in [-0.05, 0) is 29.7 Å². The summed E-state index contributed by atoms with van der Waals surface area (Å²) in [5.41, 5.74) is 5.45. The third kappa shape index (κ3) is 5.68. The fourth-order valence-corrected chi connectivity index (χ4v) is 4.83. The number of nitrogens with one attached hydrogen (secondary N) is 1. The Kier molecular flexibility index (Phi) is 7.34. The van der Waals surface area contributed by atoms with E-state index in [1.54, 1.807) is 36.0 Å². The normalized spacial score (nSPS) is 15.6. The van der Waals surface area contributed by atoms with E-state index in [1.165, 1.54) is 23.9 Å². The van der Waals surface area contributed by atoms with Crippen LogP contribution >= 0.6 is 11.8 Å². The SMILES string of the molecule is O=C(N/N=C\c1cccc([N+](=O)[O-])c1)c1ccc([C@@H]2SCC(=O)N2CCc2ccccc2)cc1. The topological polar surface area (TPSA) is 105 Å². The van der Waals surface area contributed by atoms with Crippen LogP contribution in [0.15, 0.2) is 84.0 Å². The van der Waals surface area contributed by atoms with E-state index < -0.39 is 10.8 Å². The second-order valence-corrected chi connectivity index (χ2v) is 8.73. The first-order valence-corrected chi connectivity index (χ1v) is 11.7. The molecule has 0 spiro atoms. The number of carbonyl (C=O) groups is 2. The van der Waals surface area contributed by atoms with E-state index in [-0.39, 0.29) is 17.0 Å². The fraction of sp³-hybridized carbons (Fsp3) is 0.160. The van der Waals surface area contributed by atoms with Crippen molar-refractivity contribution in [2.75, 3.05) is 12.3 Å². The highest BCUT2D eigenvalue weighted by Crippen LogP contribution is 2.38. The van der Waals surface area contributed by atoms with Crippen LogP contribution in [0, 0.1) is 10.1 Å². The van der Waals surface area contributed by atoms with Crippen molar-refractivity contribution in [1.82, 2.24) is 10.3 Å². The number of nitro benzene ring substituents is 1. The highest BCUT2D eigenvalue weighted by atomic mass is 32.2. The molecule has 1 saturated heterocycles. The lowest BCUT2D eigenvalue weighted by Gasteiger charge is -2.24. The molecule has 34 heavy (non-hydrogen) atoms. The van der Waals surface area contributed by atoms with Crippen LogP contribution in [0.2, 0.25) is 0 Å². The van der Waals surface area contributed by atoms with Crippen molar-refractivity contribution in [3.05, 3.63) is 111 Å². The Hall–Kier alpha value is -3.98. The molecule has 3 aromatic carbocycles. The fourth-order valence-electron chi connectivity index (χ4n) is 3.61. The molecule has 9 heteroatoms. The number of nitro groups is 1. The zero-order valence-corrected chi connectivity index (χ0v) is 19.0. The van der Waals surface area contributed by atoms with Crippen LogP contribution < -0.4 is 5.43 Å². The van der Waals surface area contributed by atoms with Crippen molar-refractivity contribution in [3.63, 3.8) is 0 Å². The van der Waals surface area contributed by atoms with Crippen LogP contribution in [0.3, 0.4) is 0 Å². The van der Waals surface area contributed by atoms with Gasteiger partial charge in [0, 0.05) is 29.8 Å². The number of rotatable bonds is 8. The lowest BCUT2D eigenvalue weighted by molar-refractivity contribution is -0.384. The predicted octanol–water partition coefficient (Wildman–Crippen LogP) is 4.18. The third-order valence-corrected chi connectivity index (χ3v) is 6.63. The summed E-state index contributed by atoms with van der Waals surface area (Å²) in [5, 5.41) is 14.7. The molecule has 1 aliphatic rings. The third-order valence-electron chi connectivity index (χ3n) is 5.37. The number of amides is 2. The van der Waals surface area contributed by atoms with Gasteiger partial charge in [-0.15, -0.1) is 11.8 Å². The summed E-state index contributed by atoms with van der Waals surface area (Å²) in [6.45, 7) is 0.634. The number of thioether (sulfide) groups is 1. The van der Waals surface area contributed by atoms with Crippen LogP contribution in [-0.4, -0.2) is 40.1 Å². The van der Waals surface area contributed by atoms with Crippen molar-refractivity contribution in [3.8, 4) is 0 Å². The predicted molar refractivity (Wildman–Crippen MR) is 132 cm³/mol. The molecule has 1 atom stereocenters. The molecular formula is C25H22N4O4S. The summed E-state index contributed by atoms with van der Waals surface area (Å²) in [4.78, 5) is 37.1. The molecular weight excluding hydrogens is 452 g/mol. The Morgan fingerprint density at radius 3 is 2.62 bits per heavy atom. The average molecular weight is 475 g/mol. The minimum absolute atomic E-state index is 0.0491. The van der Waals surface area contributed by atoms with E-state index in [1.807, 2.05) is 35.2 Å². The van der Waals surface area contributed by atoms with E-state index in [0.29, 0.717) is 23.4 Å². The molecule has 8 nitrogen and oxygen atoms in total. The summed E-state index contributed by atoms with van der Waals surface area (Å²) in [6.07, 6.45) is 2.14. The average Bonchev–Trinajstić information content (AvgIpc) is 3.23. The summed E-state index contributed by atoms with van der Waals surface area (Å²) in [5.74, 6) is 0.154. The zero-order valence-electron chi connectivity index (χ0n) is 18.2. The van der Waals surface area contributed by atoms with E-state index >= 15 is 0 Å². The van der Waals surface area contributed by atoms with E-state index in [4.69, 9.17) is 0 Å². The Labute approximate surface area is 200 Å². The smallest absolute Gasteiger partial charge is 0.271 e. The van der Waals surface area contributed by atoms with E-state index in [0.717, 1.165) is 12.0 Å². The van der Waals surface area contributed by atoms with Crippen LogP contribution in [0.25, 0.3) is 0 Å². The molecule has 4 rings (SSSR count). The number of benzene rings is 3. The van der Waals surface area contributed by atoms with Crippen molar-refractivity contribution in [2.45, 2.75) is 11.8 Å². The van der Waals surface area contributed by atoms with Gasteiger partial charge in [0.15, 0.2) is 0 Å². The number of carbonyl (C=O) groups excluding carboxylic acids is 2. The Morgan fingerprint density at radius 2 is 1.88 bits per heavy atom. The molecule has 0 unspecified atom stereocenters. The number of hydrogen-bond acceptors (Lipinski definition) is 6. The Bertz CT molecular complexity index is 1220. The molecule has 3 aromatic rings. The molecule has 1 N–H and O–H groups in total. The molecule has 1 fully saturated rings. The van der Waals surface area contributed by atoms with Crippen LogP contribution in [0.5, 0.6) is 0 Å². The molecule has 0 saturated carbocycles. The van der Waals surface area contributed by atoms with Gasteiger partial charge in [0.2, 0.25) is 5.91 Å². The largest absolute Gasteiger partial charge is 0.326 e. The van der Waals surface area contributed by atoms with Gasteiger partial charge in [-0.25, -0.2) is 5.43 Å². The lowest BCUT2D eigenvalue weighted by atomic mass is 10.1. The highest BCUT2D eigenvalue weighted by Gasteiger charge is 2.32. The first-order valence-electron chi connectivity index (χ1n) is 10.6. The monoisotopic (exact) mass is 474 g/mol. The minimum Gasteiger partial charge on any atom is -0.326 e. The second kappa shape index (κ2) is 10.8. The maximum Gasteiger partial charge on any atom is 0.271 e. The maximum atomic E-state index is 12.4. The van der Waals surface area contributed by atoms with Gasteiger partial charge in [0.1, 0.15) is 5.37 Å². The summed E-state index contributed by atoms with van der Waals surface area (Å²) >= 11 is 1.58. The zero-order chi connectivity index (χ0) is 23.9. The minimum atomic E-state index is -0.490. The van der Waals surface area contributed by atoms with Gasteiger partial charge in [-0.3, -0.25) is 19.7 Å². The number of hydrogen-bond donors (Lipinski definition) is 1. The van der Waals surface area contributed by atoms with Crippen LogP contribution in [0.1, 0.15) is 32.4 Å². The van der Waals surface area contributed by atoms with Crippen molar-refractivity contribution >= 4 is 35.5 Å². The van der Waals surface area contributed by atoms with E-state index in [2.05, 4.69) is 22.7 Å². The van der Waals surface area contributed by atoms with Gasteiger partial charge in [-0.1, -0.05) is 54.6 Å². The van der Waals surface area contributed by atoms with E-state index in [9.17, 15) is 19.7 Å². The number of hydrazone groups is 1.